The van der Waals surface area contributed by atoms with Gasteiger partial charge in [-0.3, -0.25) is 0 Å². The highest BCUT2D eigenvalue weighted by molar-refractivity contribution is 5.43. The lowest BCUT2D eigenvalue weighted by atomic mass is 10.1. The van der Waals surface area contributed by atoms with Gasteiger partial charge in [0, 0.05) is 13.1 Å². The zero-order valence-electron chi connectivity index (χ0n) is 15.4. The van der Waals surface area contributed by atoms with E-state index in [4.69, 9.17) is 9.47 Å². The molecule has 24 heavy (non-hydrogen) atoms. The van der Waals surface area contributed by atoms with Crippen LogP contribution in [0.25, 0.3) is 0 Å². The van der Waals surface area contributed by atoms with Gasteiger partial charge in [-0.25, -0.2) is 0 Å². The van der Waals surface area contributed by atoms with E-state index in [9.17, 15) is 0 Å². The highest BCUT2D eigenvalue weighted by Gasteiger charge is 2.14. The lowest BCUT2D eigenvalue weighted by molar-refractivity contribution is 0.282. The molecule has 134 valence electrons. The lowest BCUT2D eigenvalue weighted by Crippen LogP contribution is -2.31. The maximum atomic E-state index is 5.79. The molecule has 4 nitrogen and oxygen atoms in total. The zero-order valence-corrected chi connectivity index (χ0v) is 15.4. The molecule has 0 aliphatic carbocycles. The monoisotopic (exact) mass is 332 g/mol. The smallest absolute Gasteiger partial charge is 0.161 e. The van der Waals surface area contributed by atoms with E-state index in [0.717, 1.165) is 30.2 Å². The summed E-state index contributed by atoms with van der Waals surface area (Å²) in [6.07, 6.45) is 2.72. The number of benzene rings is 1. The maximum Gasteiger partial charge on any atom is 0.161 e. The highest BCUT2D eigenvalue weighted by Crippen LogP contribution is 2.28. The van der Waals surface area contributed by atoms with Crippen molar-refractivity contribution in [2.45, 2.75) is 33.2 Å². The highest BCUT2D eigenvalue weighted by atomic mass is 16.5. The molecule has 1 fully saturated rings. The molecule has 2 rings (SSSR count). The summed E-state index contributed by atoms with van der Waals surface area (Å²) in [7, 11) is 1.67. The molecule has 1 heterocycles. The predicted octanol–water partition coefficient (Wildman–Crippen LogP) is 3.47. The van der Waals surface area contributed by atoms with Crippen LogP contribution in [-0.4, -0.2) is 44.8 Å². The van der Waals surface area contributed by atoms with E-state index in [-0.39, 0.29) is 0 Å². The number of methoxy groups -OCH3 is 1. The third kappa shape index (κ3) is 6.17. The summed E-state index contributed by atoms with van der Waals surface area (Å²) in [6, 6.07) is 6.11. The predicted molar refractivity (Wildman–Crippen MR) is 99.8 cm³/mol. The summed E-state index contributed by atoms with van der Waals surface area (Å²) in [4.78, 5) is 2.57. The fraction of sp³-hybridized carbons (Fsp3) is 0.600. The molecular formula is C20H32N2O2. The molecule has 1 N–H and O–H groups in total. The second-order valence-corrected chi connectivity index (χ2v) is 6.97. The van der Waals surface area contributed by atoms with E-state index < -0.39 is 0 Å². The van der Waals surface area contributed by atoms with Crippen molar-refractivity contribution in [3.05, 3.63) is 35.9 Å². The molecule has 1 aromatic rings. The molecule has 0 spiro atoms. The van der Waals surface area contributed by atoms with Gasteiger partial charge < -0.3 is 19.7 Å². The van der Waals surface area contributed by atoms with Crippen molar-refractivity contribution in [2.75, 3.05) is 39.9 Å². The average Bonchev–Trinajstić information content (AvgIpc) is 3.06. The van der Waals surface area contributed by atoms with Crippen molar-refractivity contribution in [3.8, 4) is 11.5 Å². The van der Waals surface area contributed by atoms with Gasteiger partial charge in [0.1, 0.15) is 6.61 Å². The van der Waals surface area contributed by atoms with Gasteiger partial charge in [-0.05, 0) is 68.6 Å². The first-order valence-corrected chi connectivity index (χ1v) is 8.95. The van der Waals surface area contributed by atoms with Gasteiger partial charge in [-0.1, -0.05) is 19.6 Å². The van der Waals surface area contributed by atoms with Gasteiger partial charge in [-0.15, -0.1) is 0 Å². The normalized spacial score (nSPS) is 16.1. The third-order valence-electron chi connectivity index (χ3n) is 4.29. The van der Waals surface area contributed by atoms with Crippen LogP contribution in [0, 0.1) is 5.92 Å². The van der Waals surface area contributed by atoms with E-state index in [0.29, 0.717) is 12.5 Å². The summed E-state index contributed by atoms with van der Waals surface area (Å²) in [5.74, 6) is 2.22. The number of likely N-dealkylation sites (tertiary alicyclic amines) is 1. The summed E-state index contributed by atoms with van der Waals surface area (Å²) in [6.45, 7) is 14.3. The molecule has 0 saturated carbocycles. The molecule has 1 aromatic carbocycles. The Morgan fingerprint density at radius 1 is 1.29 bits per heavy atom. The fourth-order valence-corrected chi connectivity index (χ4v) is 3.08. The van der Waals surface area contributed by atoms with Crippen LogP contribution in [0.15, 0.2) is 30.4 Å². The van der Waals surface area contributed by atoms with E-state index in [1.54, 1.807) is 7.11 Å². The first kappa shape index (κ1) is 18.8. The number of hydrogen-bond donors (Lipinski definition) is 1. The minimum atomic E-state index is 0.514. The van der Waals surface area contributed by atoms with Gasteiger partial charge in [-0.2, -0.15) is 0 Å². The Morgan fingerprint density at radius 2 is 2.04 bits per heavy atom. The summed E-state index contributed by atoms with van der Waals surface area (Å²) >= 11 is 0. The second-order valence-electron chi connectivity index (χ2n) is 6.97. The van der Waals surface area contributed by atoms with Crippen LogP contribution in [0.5, 0.6) is 11.5 Å². The molecule has 1 atom stereocenters. The largest absolute Gasteiger partial charge is 0.493 e. The van der Waals surface area contributed by atoms with Crippen LogP contribution >= 0.6 is 0 Å². The Kier molecular flexibility index (Phi) is 7.60. The van der Waals surface area contributed by atoms with Crippen molar-refractivity contribution in [3.63, 3.8) is 0 Å². The van der Waals surface area contributed by atoms with Gasteiger partial charge in [0.25, 0.3) is 0 Å². The van der Waals surface area contributed by atoms with Crippen molar-refractivity contribution in [1.29, 1.82) is 0 Å². The Morgan fingerprint density at radius 3 is 2.71 bits per heavy atom. The molecule has 4 heteroatoms. The van der Waals surface area contributed by atoms with E-state index >= 15 is 0 Å². The Bertz CT molecular complexity index is 524. The van der Waals surface area contributed by atoms with Crippen molar-refractivity contribution in [1.82, 2.24) is 10.2 Å². The molecule has 1 aliphatic rings. The van der Waals surface area contributed by atoms with Gasteiger partial charge in [0.05, 0.1) is 7.11 Å². The van der Waals surface area contributed by atoms with E-state index in [2.05, 4.69) is 35.9 Å². The SMILES string of the molecule is C=C(C)COc1cc(CNCC(C)CN2CCCC2)ccc1OC. The molecule has 0 aromatic heterocycles. The van der Waals surface area contributed by atoms with Crippen LogP contribution < -0.4 is 14.8 Å². The molecule has 0 bridgehead atoms. The van der Waals surface area contributed by atoms with Gasteiger partial charge in [0.15, 0.2) is 11.5 Å². The van der Waals surface area contributed by atoms with Crippen molar-refractivity contribution in [2.24, 2.45) is 5.92 Å². The fourth-order valence-electron chi connectivity index (χ4n) is 3.08. The number of nitrogens with one attached hydrogen (secondary N) is 1. The molecule has 0 radical (unpaired) electrons. The quantitative estimate of drug-likeness (QED) is 0.665. The number of ether oxygens (including phenoxy) is 2. The summed E-state index contributed by atoms with van der Waals surface area (Å²) in [5.41, 5.74) is 2.21. The maximum absolute atomic E-state index is 5.79. The second kappa shape index (κ2) is 9.70. The van der Waals surface area contributed by atoms with Crippen LogP contribution in [0.2, 0.25) is 0 Å². The van der Waals surface area contributed by atoms with Gasteiger partial charge >= 0.3 is 0 Å². The van der Waals surface area contributed by atoms with Crippen LogP contribution in [-0.2, 0) is 6.54 Å². The average molecular weight is 332 g/mol. The first-order chi connectivity index (χ1) is 11.6. The zero-order chi connectivity index (χ0) is 17.4. The Balaban J connectivity index is 1.80. The van der Waals surface area contributed by atoms with Crippen molar-refractivity contribution >= 4 is 0 Å². The van der Waals surface area contributed by atoms with E-state index in [1.165, 1.54) is 38.0 Å². The topological polar surface area (TPSA) is 33.7 Å². The first-order valence-electron chi connectivity index (χ1n) is 8.95. The summed E-state index contributed by atoms with van der Waals surface area (Å²) < 4.78 is 11.2. The Labute approximate surface area is 146 Å². The molecule has 1 saturated heterocycles. The van der Waals surface area contributed by atoms with Crippen molar-refractivity contribution < 1.29 is 9.47 Å². The molecule has 1 unspecified atom stereocenters. The number of nitrogens with zero attached hydrogens (tertiary/aromatic N) is 1. The minimum absolute atomic E-state index is 0.514. The Hall–Kier alpha value is -1.52. The lowest BCUT2D eigenvalue weighted by Gasteiger charge is -2.20. The van der Waals surface area contributed by atoms with Crippen LogP contribution in [0.3, 0.4) is 0 Å². The number of hydrogen-bond acceptors (Lipinski definition) is 4. The third-order valence-corrected chi connectivity index (χ3v) is 4.29. The van der Waals surface area contributed by atoms with E-state index in [1.807, 2.05) is 13.0 Å². The molecular weight excluding hydrogens is 300 g/mol. The summed E-state index contributed by atoms with van der Waals surface area (Å²) in [5, 5.41) is 3.56. The molecule has 1 aliphatic heterocycles. The van der Waals surface area contributed by atoms with Crippen LogP contribution in [0.4, 0.5) is 0 Å². The standard InChI is InChI=1S/C20H32N2O2/c1-16(2)15-24-20-11-18(7-8-19(20)23-4)13-21-12-17(3)14-22-9-5-6-10-22/h7-8,11,17,21H,1,5-6,9-10,12-15H2,2-4H3. The number of rotatable bonds is 10. The van der Waals surface area contributed by atoms with Gasteiger partial charge in [0.2, 0.25) is 0 Å². The molecule has 0 amide bonds. The minimum Gasteiger partial charge on any atom is -0.493 e. The van der Waals surface area contributed by atoms with Crippen LogP contribution in [0.1, 0.15) is 32.3 Å².